The Kier molecular flexibility index (Phi) is 3.69. The van der Waals surface area contributed by atoms with Gasteiger partial charge in [-0.05, 0) is 22.6 Å². The van der Waals surface area contributed by atoms with Crippen molar-refractivity contribution in [3.05, 3.63) is 48.8 Å². The van der Waals surface area contributed by atoms with Gasteiger partial charge in [-0.3, -0.25) is 9.78 Å². The number of nitrogens with one attached hydrogen (secondary N) is 1. The Morgan fingerprint density at radius 1 is 1.32 bits per heavy atom. The van der Waals surface area contributed by atoms with Crippen molar-refractivity contribution >= 4 is 11.6 Å². The summed E-state index contributed by atoms with van der Waals surface area (Å²) in [6, 6.07) is 5.13. The van der Waals surface area contributed by atoms with Gasteiger partial charge in [0.05, 0.1) is 13.3 Å². The zero-order valence-electron chi connectivity index (χ0n) is 11.5. The van der Waals surface area contributed by atoms with E-state index in [1.807, 2.05) is 0 Å². The van der Waals surface area contributed by atoms with Gasteiger partial charge in [0, 0.05) is 24.1 Å². The number of rotatable bonds is 4. The summed E-state index contributed by atoms with van der Waals surface area (Å²) in [5, 5.41) is 13.7. The van der Waals surface area contributed by atoms with Crippen LogP contribution in [0.5, 0.6) is 5.75 Å². The second-order valence-electron chi connectivity index (χ2n) is 4.19. The summed E-state index contributed by atoms with van der Waals surface area (Å²) in [6.45, 7) is 0. The van der Waals surface area contributed by atoms with Crippen LogP contribution in [0.1, 0.15) is 10.5 Å². The van der Waals surface area contributed by atoms with Crippen molar-refractivity contribution in [1.82, 2.24) is 30.2 Å². The highest BCUT2D eigenvalue weighted by atomic mass is 16.5. The zero-order valence-corrected chi connectivity index (χ0v) is 11.5. The monoisotopic (exact) mass is 297 g/mol. The van der Waals surface area contributed by atoms with Crippen LogP contribution in [-0.2, 0) is 0 Å². The molecular weight excluding hydrogens is 286 g/mol. The number of benzene rings is 1. The molecule has 0 aliphatic rings. The summed E-state index contributed by atoms with van der Waals surface area (Å²) in [5.74, 6) is 0.162. The summed E-state index contributed by atoms with van der Waals surface area (Å²) in [7, 11) is 1.53. The van der Waals surface area contributed by atoms with Crippen LogP contribution in [0, 0.1) is 0 Å². The van der Waals surface area contributed by atoms with E-state index >= 15 is 0 Å². The van der Waals surface area contributed by atoms with E-state index in [2.05, 4.69) is 30.8 Å². The topological polar surface area (TPSA) is 108 Å². The Morgan fingerprint density at radius 2 is 2.23 bits per heavy atom. The maximum Gasteiger partial charge on any atom is 0.275 e. The number of anilines is 1. The van der Waals surface area contributed by atoms with Crippen LogP contribution in [0.3, 0.4) is 0 Å². The number of hydrogen-bond donors (Lipinski definition) is 1. The minimum atomic E-state index is -0.356. The number of tetrazole rings is 1. The molecular formula is C13H11N7O2. The largest absolute Gasteiger partial charge is 0.494 e. The van der Waals surface area contributed by atoms with Crippen molar-refractivity contribution in [3.63, 3.8) is 0 Å². The van der Waals surface area contributed by atoms with E-state index in [1.165, 1.54) is 36.7 Å². The number of carbonyl (C=O) groups is 1. The first-order valence-electron chi connectivity index (χ1n) is 6.26. The van der Waals surface area contributed by atoms with Gasteiger partial charge in [0.1, 0.15) is 23.5 Å². The van der Waals surface area contributed by atoms with Crippen molar-refractivity contribution in [3.8, 4) is 11.4 Å². The second kappa shape index (κ2) is 5.95. The summed E-state index contributed by atoms with van der Waals surface area (Å²) in [5.41, 5.74) is 1.44. The standard InChI is InChI=1S/C13H11N7O2/c1-22-12-6-9(2-3-11(12)20-8-16-18-19-20)17-13(21)10-7-14-4-5-15-10/h2-8H,1H3,(H,17,21). The predicted octanol–water partition coefficient (Wildman–Crippen LogP) is 0.713. The average molecular weight is 297 g/mol. The maximum absolute atomic E-state index is 12.0. The SMILES string of the molecule is COc1cc(NC(=O)c2cnccn2)ccc1-n1cnnn1. The van der Waals surface area contributed by atoms with Gasteiger partial charge in [-0.2, -0.15) is 4.68 Å². The molecule has 2 heterocycles. The molecule has 3 rings (SSSR count). The van der Waals surface area contributed by atoms with Crippen LogP contribution < -0.4 is 10.1 Å². The predicted molar refractivity (Wildman–Crippen MR) is 75.7 cm³/mol. The Bertz CT molecular complexity index is 774. The molecule has 0 atom stereocenters. The minimum absolute atomic E-state index is 0.228. The minimum Gasteiger partial charge on any atom is -0.494 e. The van der Waals surface area contributed by atoms with Gasteiger partial charge in [0.25, 0.3) is 5.91 Å². The molecule has 22 heavy (non-hydrogen) atoms. The molecule has 2 aromatic heterocycles. The first-order valence-corrected chi connectivity index (χ1v) is 6.26. The van der Waals surface area contributed by atoms with Gasteiger partial charge < -0.3 is 10.1 Å². The third-order valence-electron chi connectivity index (χ3n) is 2.83. The zero-order chi connectivity index (χ0) is 15.4. The Labute approximate surface area is 125 Å². The molecule has 0 saturated heterocycles. The molecule has 3 aromatic rings. The van der Waals surface area contributed by atoms with E-state index in [0.29, 0.717) is 17.1 Å². The first kappa shape index (κ1) is 13.6. The van der Waals surface area contributed by atoms with Crippen molar-refractivity contribution < 1.29 is 9.53 Å². The van der Waals surface area contributed by atoms with Gasteiger partial charge in [-0.25, -0.2) is 4.98 Å². The number of hydrogen-bond acceptors (Lipinski definition) is 7. The fraction of sp³-hybridized carbons (Fsp3) is 0.0769. The summed E-state index contributed by atoms with van der Waals surface area (Å²) in [6.07, 6.45) is 5.80. The molecule has 9 nitrogen and oxygen atoms in total. The molecule has 0 saturated carbocycles. The smallest absolute Gasteiger partial charge is 0.275 e. The van der Waals surface area contributed by atoms with Crippen LogP contribution in [0.2, 0.25) is 0 Å². The van der Waals surface area contributed by atoms with Crippen LogP contribution in [0.15, 0.2) is 43.1 Å². The molecule has 1 aromatic carbocycles. The molecule has 0 bridgehead atoms. The van der Waals surface area contributed by atoms with Crippen molar-refractivity contribution in [2.75, 3.05) is 12.4 Å². The Morgan fingerprint density at radius 3 is 2.91 bits per heavy atom. The van der Waals surface area contributed by atoms with Gasteiger partial charge in [0.15, 0.2) is 0 Å². The summed E-state index contributed by atoms with van der Waals surface area (Å²) in [4.78, 5) is 19.8. The number of amides is 1. The van der Waals surface area contributed by atoms with Crippen molar-refractivity contribution in [1.29, 1.82) is 0 Å². The van der Waals surface area contributed by atoms with Gasteiger partial charge >= 0.3 is 0 Å². The normalized spacial score (nSPS) is 10.2. The lowest BCUT2D eigenvalue weighted by Gasteiger charge is -2.10. The number of nitrogens with zero attached hydrogens (tertiary/aromatic N) is 6. The quantitative estimate of drug-likeness (QED) is 0.755. The lowest BCUT2D eigenvalue weighted by Crippen LogP contribution is -2.14. The lowest BCUT2D eigenvalue weighted by atomic mass is 10.2. The van der Waals surface area contributed by atoms with Crippen molar-refractivity contribution in [2.45, 2.75) is 0 Å². The van der Waals surface area contributed by atoms with Gasteiger partial charge in [0.2, 0.25) is 0 Å². The molecule has 1 N–H and O–H groups in total. The Hall–Kier alpha value is -3.36. The van der Waals surface area contributed by atoms with Gasteiger partial charge in [-0.1, -0.05) is 0 Å². The van der Waals surface area contributed by atoms with Crippen molar-refractivity contribution in [2.24, 2.45) is 0 Å². The second-order valence-corrected chi connectivity index (χ2v) is 4.19. The molecule has 0 aliphatic carbocycles. The molecule has 0 fully saturated rings. The highest BCUT2D eigenvalue weighted by Crippen LogP contribution is 2.25. The number of methoxy groups -OCH3 is 1. The maximum atomic E-state index is 12.0. The molecule has 0 spiro atoms. The summed E-state index contributed by atoms with van der Waals surface area (Å²) >= 11 is 0. The highest BCUT2D eigenvalue weighted by Gasteiger charge is 2.11. The molecule has 0 unspecified atom stereocenters. The van der Waals surface area contributed by atoms with Crippen LogP contribution in [0.4, 0.5) is 5.69 Å². The number of aromatic nitrogens is 6. The Balaban J connectivity index is 1.85. The van der Waals surface area contributed by atoms with Gasteiger partial charge in [-0.15, -0.1) is 5.10 Å². The molecule has 9 heteroatoms. The van der Waals surface area contributed by atoms with E-state index in [-0.39, 0.29) is 11.6 Å². The van der Waals surface area contributed by atoms with E-state index in [9.17, 15) is 4.79 Å². The third kappa shape index (κ3) is 2.73. The van der Waals surface area contributed by atoms with E-state index < -0.39 is 0 Å². The average Bonchev–Trinajstić information content (AvgIpc) is 3.09. The first-order chi connectivity index (χ1) is 10.8. The highest BCUT2D eigenvalue weighted by molar-refractivity contribution is 6.02. The molecule has 1 amide bonds. The molecule has 110 valence electrons. The van der Waals surface area contributed by atoms with Crippen LogP contribution >= 0.6 is 0 Å². The van der Waals surface area contributed by atoms with E-state index in [1.54, 1.807) is 18.2 Å². The summed E-state index contributed by atoms with van der Waals surface area (Å²) < 4.78 is 6.77. The van der Waals surface area contributed by atoms with Crippen LogP contribution in [0.25, 0.3) is 5.69 Å². The fourth-order valence-corrected chi connectivity index (χ4v) is 1.83. The molecule has 0 radical (unpaired) electrons. The van der Waals surface area contributed by atoms with E-state index in [4.69, 9.17) is 4.74 Å². The van der Waals surface area contributed by atoms with Crippen LogP contribution in [-0.4, -0.2) is 43.2 Å². The molecule has 0 aliphatic heterocycles. The third-order valence-corrected chi connectivity index (χ3v) is 2.83. The number of ether oxygens (including phenoxy) is 1. The lowest BCUT2D eigenvalue weighted by molar-refractivity contribution is 0.102. The van der Waals surface area contributed by atoms with E-state index in [0.717, 1.165) is 0 Å². The number of carbonyl (C=O) groups excluding carboxylic acids is 1. The fourth-order valence-electron chi connectivity index (χ4n) is 1.83.